The van der Waals surface area contributed by atoms with Crippen LogP contribution in [-0.2, 0) is 11.4 Å². The van der Waals surface area contributed by atoms with Crippen molar-refractivity contribution in [2.75, 3.05) is 11.1 Å². The highest BCUT2D eigenvalue weighted by Gasteiger charge is 2.13. The second-order valence-corrected chi connectivity index (χ2v) is 8.94. The van der Waals surface area contributed by atoms with E-state index in [2.05, 4.69) is 25.5 Å². The minimum Gasteiger partial charge on any atom is -0.486 e. The summed E-state index contributed by atoms with van der Waals surface area (Å²) in [7, 11) is 0. The maximum Gasteiger partial charge on any atom is 0.236 e. The first-order chi connectivity index (χ1) is 15.1. The zero-order valence-electron chi connectivity index (χ0n) is 17.1. The van der Waals surface area contributed by atoms with Crippen molar-refractivity contribution in [2.24, 2.45) is 0 Å². The quantitative estimate of drug-likeness (QED) is 0.372. The molecule has 0 aliphatic carbocycles. The summed E-state index contributed by atoms with van der Waals surface area (Å²) in [4.78, 5) is 22.3. The van der Waals surface area contributed by atoms with Crippen molar-refractivity contribution in [1.82, 2.24) is 20.2 Å². The number of ether oxygens (including phenoxy) is 1. The number of hydrogen-bond donors (Lipinski definition) is 2. The molecule has 0 aliphatic heterocycles. The predicted octanol–water partition coefficient (Wildman–Crippen LogP) is 4.85. The Bertz CT molecular complexity index is 1160. The normalized spacial score (nSPS) is 10.8. The molecule has 2 heterocycles. The van der Waals surface area contributed by atoms with Crippen molar-refractivity contribution in [1.29, 1.82) is 0 Å². The van der Waals surface area contributed by atoms with Gasteiger partial charge in [-0.1, -0.05) is 59.8 Å². The van der Waals surface area contributed by atoms with E-state index in [0.29, 0.717) is 16.1 Å². The molecule has 31 heavy (non-hydrogen) atoms. The monoisotopic (exact) mass is 451 g/mol. The number of carbonyl (C=O) groups excluding carboxylic acids is 1. The second-order valence-electron chi connectivity index (χ2n) is 6.79. The molecule has 0 aliphatic rings. The summed E-state index contributed by atoms with van der Waals surface area (Å²) >= 11 is 2.72. The van der Waals surface area contributed by atoms with Gasteiger partial charge < -0.3 is 10.1 Å². The zero-order chi connectivity index (χ0) is 21.6. The molecule has 0 bridgehead atoms. The van der Waals surface area contributed by atoms with Gasteiger partial charge in [-0.2, -0.15) is 0 Å². The van der Waals surface area contributed by atoms with Gasteiger partial charge in [-0.15, -0.1) is 16.4 Å². The lowest BCUT2D eigenvalue weighted by molar-refractivity contribution is -0.113. The zero-order valence-corrected chi connectivity index (χ0v) is 18.7. The number of benzene rings is 2. The first-order valence-corrected chi connectivity index (χ1v) is 11.4. The summed E-state index contributed by atoms with van der Waals surface area (Å²) < 4.78 is 5.69. The molecule has 9 heteroatoms. The van der Waals surface area contributed by atoms with E-state index in [1.165, 1.54) is 28.7 Å². The molecule has 7 nitrogen and oxygen atoms in total. The van der Waals surface area contributed by atoms with Crippen LogP contribution in [0.25, 0.3) is 11.3 Å². The number of hydrogen-bond acceptors (Lipinski definition) is 7. The van der Waals surface area contributed by atoms with Crippen LogP contribution in [0.1, 0.15) is 16.3 Å². The molecule has 0 unspecified atom stereocenters. The molecule has 4 aromatic rings. The van der Waals surface area contributed by atoms with Crippen molar-refractivity contribution >= 4 is 34.1 Å². The van der Waals surface area contributed by atoms with Gasteiger partial charge in [0.1, 0.15) is 12.4 Å². The van der Waals surface area contributed by atoms with Gasteiger partial charge in [-0.05, 0) is 26.0 Å². The van der Waals surface area contributed by atoms with Crippen molar-refractivity contribution < 1.29 is 9.53 Å². The van der Waals surface area contributed by atoms with Gasteiger partial charge in [0.25, 0.3) is 0 Å². The van der Waals surface area contributed by atoms with Gasteiger partial charge in [-0.25, -0.2) is 9.97 Å². The van der Waals surface area contributed by atoms with E-state index >= 15 is 0 Å². The van der Waals surface area contributed by atoms with Crippen LogP contribution in [0.5, 0.6) is 5.75 Å². The Morgan fingerprint density at radius 1 is 1.10 bits per heavy atom. The highest BCUT2D eigenvalue weighted by Crippen LogP contribution is 2.30. The Morgan fingerprint density at radius 2 is 1.87 bits per heavy atom. The standard InChI is InChI=1S/C22H21N5O2S2/c1-14-8-10-17(11-9-14)29-12-18-23-22(27-26-18)30-13-19(28)24-21-25-20(15(2)31-21)16-6-4-3-5-7-16/h3-11H,12-13H2,1-2H3,(H,23,26,27)(H,24,25,28). The molecule has 2 aromatic heterocycles. The third-order valence-electron chi connectivity index (χ3n) is 4.33. The number of aromatic nitrogens is 4. The largest absolute Gasteiger partial charge is 0.486 e. The van der Waals surface area contributed by atoms with E-state index in [0.717, 1.165) is 21.9 Å². The van der Waals surface area contributed by atoms with Crippen LogP contribution in [0, 0.1) is 13.8 Å². The topological polar surface area (TPSA) is 92.8 Å². The fraction of sp³-hybridized carbons (Fsp3) is 0.182. The Morgan fingerprint density at radius 3 is 2.65 bits per heavy atom. The van der Waals surface area contributed by atoms with Gasteiger partial charge in [0.05, 0.1) is 11.4 Å². The summed E-state index contributed by atoms with van der Waals surface area (Å²) in [6.07, 6.45) is 0. The molecule has 4 rings (SSSR count). The van der Waals surface area contributed by atoms with Crippen molar-refractivity contribution in [2.45, 2.75) is 25.6 Å². The van der Waals surface area contributed by atoms with E-state index in [1.807, 2.05) is 68.4 Å². The lowest BCUT2D eigenvalue weighted by atomic mass is 10.1. The number of thioether (sulfide) groups is 1. The second kappa shape index (κ2) is 9.76. The van der Waals surface area contributed by atoms with Crippen LogP contribution in [0.3, 0.4) is 0 Å². The number of thiazole rings is 1. The van der Waals surface area contributed by atoms with E-state index in [4.69, 9.17) is 4.74 Å². The lowest BCUT2D eigenvalue weighted by Crippen LogP contribution is -2.13. The lowest BCUT2D eigenvalue weighted by Gasteiger charge is -2.03. The molecule has 0 atom stereocenters. The minimum absolute atomic E-state index is 0.152. The third kappa shape index (κ3) is 5.71. The molecule has 158 valence electrons. The van der Waals surface area contributed by atoms with Gasteiger partial charge in [0.15, 0.2) is 11.0 Å². The molecular weight excluding hydrogens is 430 g/mol. The maximum atomic E-state index is 12.3. The van der Waals surface area contributed by atoms with Crippen LogP contribution in [0.15, 0.2) is 59.8 Å². The molecule has 0 spiro atoms. The smallest absolute Gasteiger partial charge is 0.236 e. The number of aromatic amines is 1. The number of nitrogens with one attached hydrogen (secondary N) is 2. The van der Waals surface area contributed by atoms with Gasteiger partial charge in [-0.3, -0.25) is 9.89 Å². The third-order valence-corrected chi connectivity index (χ3v) is 6.06. The molecule has 2 aromatic carbocycles. The van der Waals surface area contributed by atoms with E-state index < -0.39 is 0 Å². The van der Waals surface area contributed by atoms with Gasteiger partial charge in [0.2, 0.25) is 11.1 Å². The van der Waals surface area contributed by atoms with E-state index in [1.54, 1.807) is 0 Å². The average molecular weight is 452 g/mol. The molecule has 0 fully saturated rings. The van der Waals surface area contributed by atoms with Crippen LogP contribution < -0.4 is 10.1 Å². The number of anilines is 1. The van der Waals surface area contributed by atoms with Crippen LogP contribution >= 0.6 is 23.1 Å². The molecule has 0 saturated carbocycles. The number of H-pyrrole nitrogens is 1. The Kier molecular flexibility index (Phi) is 6.63. The Balaban J connectivity index is 1.27. The predicted molar refractivity (Wildman–Crippen MR) is 124 cm³/mol. The molecule has 2 N–H and O–H groups in total. The number of rotatable bonds is 8. The highest BCUT2D eigenvalue weighted by atomic mass is 32.2. The SMILES string of the molecule is Cc1ccc(OCc2nc(SCC(=O)Nc3nc(-c4ccccc4)c(C)s3)n[nH]2)cc1. The summed E-state index contributed by atoms with van der Waals surface area (Å²) in [6, 6.07) is 17.7. The van der Waals surface area contributed by atoms with Crippen molar-refractivity contribution in [3.63, 3.8) is 0 Å². The van der Waals surface area contributed by atoms with E-state index in [-0.39, 0.29) is 18.3 Å². The number of amides is 1. The van der Waals surface area contributed by atoms with Crippen LogP contribution in [0.4, 0.5) is 5.13 Å². The fourth-order valence-corrected chi connectivity index (χ4v) is 4.26. The van der Waals surface area contributed by atoms with Crippen molar-refractivity contribution in [3.8, 4) is 17.0 Å². The maximum absolute atomic E-state index is 12.3. The summed E-state index contributed by atoms with van der Waals surface area (Å²) in [5.74, 6) is 1.41. The van der Waals surface area contributed by atoms with Gasteiger partial charge in [0, 0.05) is 10.4 Å². The first-order valence-electron chi connectivity index (χ1n) is 9.63. The average Bonchev–Trinajstić information content (AvgIpc) is 3.38. The molecular formula is C22H21N5O2S2. The molecule has 0 saturated heterocycles. The van der Waals surface area contributed by atoms with Gasteiger partial charge >= 0.3 is 0 Å². The first kappa shape index (κ1) is 21.1. The minimum atomic E-state index is -0.152. The summed E-state index contributed by atoms with van der Waals surface area (Å²) in [5.41, 5.74) is 3.10. The van der Waals surface area contributed by atoms with Crippen molar-refractivity contribution in [3.05, 3.63) is 70.9 Å². The number of nitrogens with zero attached hydrogens (tertiary/aromatic N) is 3. The highest BCUT2D eigenvalue weighted by molar-refractivity contribution is 7.99. The number of aryl methyl sites for hydroxylation is 2. The van der Waals surface area contributed by atoms with E-state index in [9.17, 15) is 4.79 Å². The fourth-order valence-electron chi connectivity index (χ4n) is 2.79. The molecule has 0 radical (unpaired) electrons. The number of carbonyl (C=O) groups is 1. The summed E-state index contributed by atoms with van der Waals surface area (Å²) in [6.45, 7) is 4.31. The van der Waals surface area contributed by atoms with Crippen LogP contribution in [0.2, 0.25) is 0 Å². The van der Waals surface area contributed by atoms with Crippen LogP contribution in [-0.4, -0.2) is 31.8 Å². The Hall–Kier alpha value is -3.17. The molecule has 1 amide bonds. The summed E-state index contributed by atoms with van der Waals surface area (Å²) in [5, 5.41) is 10.9. The Labute approximate surface area is 188 Å².